The molecule has 0 heterocycles. The summed E-state index contributed by atoms with van der Waals surface area (Å²) in [6.45, 7) is 5.66. The van der Waals surface area contributed by atoms with Gasteiger partial charge in [0.05, 0.1) is 32.0 Å². The van der Waals surface area contributed by atoms with E-state index in [0.717, 1.165) is 0 Å². The molecule has 0 bridgehead atoms. The summed E-state index contributed by atoms with van der Waals surface area (Å²) in [7, 11) is 0. The molecular formula is C14H18O4. The summed E-state index contributed by atoms with van der Waals surface area (Å²) in [5.74, 6) is -0.331. The summed E-state index contributed by atoms with van der Waals surface area (Å²) < 4.78 is 15.4. The van der Waals surface area contributed by atoms with E-state index in [-0.39, 0.29) is 12.6 Å². The highest BCUT2D eigenvalue weighted by atomic mass is 16.6. The molecule has 0 atom stereocenters. The van der Waals surface area contributed by atoms with Crippen molar-refractivity contribution < 1.29 is 19.0 Å². The summed E-state index contributed by atoms with van der Waals surface area (Å²) >= 11 is 0. The molecular weight excluding hydrogens is 232 g/mol. The lowest BCUT2D eigenvalue weighted by Gasteiger charge is -2.06. The Hall–Kier alpha value is -1.65. The van der Waals surface area contributed by atoms with Gasteiger partial charge in [-0.25, -0.2) is 4.79 Å². The van der Waals surface area contributed by atoms with Crippen molar-refractivity contribution in [3.05, 3.63) is 48.6 Å². The molecule has 98 valence electrons. The largest absolute Gasteiger partial charge is 0.460 e. The van der Waals surface area contributed by atoms with Crippen molar-refractivity contribution in [1.82, 2.24) is 0 Å². The molecule has 1 rings (SSSR count). The van der Waals surface area contributed by atoms with Gasteiger partial charge in [0.2, 0.25) is 0 Å². The molecule has 0 unspecified atom stereocenters. The van der Waals surface area contributed by atoms with Gasteiger partial charge in [0.25, 0.3) is 0 Å². The first kappa shape index (κ1) is 14.4. The zero-order valence-corrected chi connectivity index (χ0v) is 10.3. The van der Waals surface area contributed by atoms with Crippen LogP contribution < -0.4 is 0 Å². The van der Waals surface area contributed by atoms with Gasteiger partial charge in [-0.2, -0.15) is 0 Å². The molecule has 0 saturated heterocycles. The van der Waals surface area contributed by atoms with Crippen LogP contribution in [0.4, 0.5) is 0 Å². The minimum Gasteiger partial charge on any atom is -0.460 e. The number of carbonyl (C=O) groups excluding carboxylic acids is 1. The first-order valence-corrected chi connectivity index (χ1v) is 5.83. The number of benzene rings is 1. The van der Waals surface area contributed by atoms with Crippen LogP contribution in [0.3, 0.4) is 0 Å². The zero-order valence-electron chi connectivity index (χ0n) is 10.3. The van der Waals surface area contributed by atoms with Crippen LogP contribution in [0.15, 0.2) is 43.0 Å². The number of ether oxygens (including phenoxy) is 3. The van der Waals surface area contributed by atoms with Gasteiger partial charge in [-0.3, -0.25) is 0 Å². The standard InChI is InChI=1S/C14H18O4/c1-2-8-16-9-10-17-11-12-18-14(15)13-6-4-3-5-7-13/h2-7H,1,8-12H2. The average molecular weight is 250 g/mol. The van der Waals surface area contributed by atoms with Gasteiger partial charge in [-0.1, -0.05) is 24.3 Å². The number of hydrogen-bond acceptors (Lipinski definition) is 4. The fourth-order valence-electron chi connectivity index (χ4n) is 1.24. The lowest BCUT2D eigenvalue weighted by atomic mass is 10.2. The molecule has 0 amide bonds. The van der Waals surface area contributed by atoms with Gasteiger partial charge < -0.3 is 14.2 Å². The van der Waals surface area contributed by atoms with Gasteiger partial charge in [0.15, 0.2) is 0 Å². The highest BCUT2D eigenvalue weighted by molar-refractivity contribution is 5.89. The molecule has 0 saturated carbocycles. The molecule has 1 aromatic rings. The van der Waals surface area contributed by atoms with E-state index in [1.165, 1.54) is 0 Å². The van der Waals surface area contributed by atoms with Crippen molar-refractivity contribution in [2.45, 2.75) is 0 Å². The Bertz CT molecular complexity index is 348. The SMILES string of the molecule is C=CCOCCOCCOC(=O)c1ccccc1. The van der Waals surface area contributed by atoms with E-state index in [1.54, 1.807) is 30.3 Å². The minimum absolute atomic E-state index is 0.245. The van der Waals surface area contributed by atoms with E-state index in [1.807, 2.05) is 6.07 Å². The molecule has 0 aliphatic rings. The zero-order chi connectivity index (χ0) is 13.1. The number of hydrogen-bond donors (Lipinski definition) is 0. The van der Waals surface area contributed by atoms with Gasteiger partial charge in [-0.15, -0.1) is 6.58 Å². The van der Waals surface area contributed by atoms with Crippen molar-refractivity contribution in [2.75, 3.05) is 33.0 Å². The molecule has 0 aliphatic heterocycles. The first-order chi connectivity index (χ1) is 8.84. The lowest BCUT2D eigenvalue weighted by molar-refractivity contribution is 0.0181. The van der Waals surface area contributed by atoms with E-state index in [4.69, 9.17) is 14.2 Å². The highest BCUT2D eigenvalue weighted by Crippen LogP contribution is 2.00. The van der Waals surface area contributed by atoms with Crippen molar-refractivity contribution in [2.24, 2.45) is 0 Å². The van der Waals surface area contributed by atoms with E-state index < -0.39 is 0 Å². The predicted octanol–water partition coefficient (Wildman–Crippen LogP) is 2.06. The monoisotopic (exact) mass is 250 g/mol. The molecule has 0 aliphatic carbocycles. The fraction of sp³-hybridized carbons (Fsp3) is 0.357. The third-order valence-corrected chi connectivity index (χ3v) is 2.08. The summed E-state index contributed by atoms with van der Waals surface area (Å²) in [4.78, 5) is 11.5. The number of esters is 1. The van der Waals surface area contributed by atoms with Crippen LogP contribution in [0.2, 0.25) is 0 Å². The molecule has 0 radical (unpaired) electrons. The van der Waals surface area contributed by atoms with E-state index in [2.05, 4.69) is 6.58 Å². The Morgan fingerprint density at radius 2 is 1.72 bits per heavy atom. The lowest BCUT2D eigenvalue weighted by Crippen LogP contribution is -2.13. The molecule has 0 spiro atoms. The van der Waals surface area contributed by atoms with Crippen LogP contribution in [0.25, 0.3) is 0 Å². The maximum atomic E-state index is 11.5. The Kier molecular flexibility index (Phi) is 7.52. The predicted molar refractivity (Wildman–Crippen MR) is 68.6 cm³/mol. The van der Waals surface area contributed by atoms with Crippen molar-refractivity contribution in [3.8, 4) is 0 Å². The van der Waals surface area contributed by atoms with Crippen LogP contribution in [-0.2, 0) is 14.2 Å². The molecule has 18 heavy (non-hydrogen) atoms. The Balaban J connectivity index is 2.01. The van der Waals surface area contributed by atoms with Gasteiger partial charge in [0.1, 0.15) is 6.61 Å². The number of carbonyl (C=O) groups is 1. The van der Waals surface area contributed by atoms with Crippen LogP contribution in [-0.4, -0.2) is 39.0 Å². The van der Waals surface area contributed by atoms with Crippen LogP contribution >= 0.6 is 0 Å². The summed E-state index contributed by atoms with van der Waals surface area (Å²) in [5.41, 5.74) is 0.548. The van der Waals surface area contributed by atoms with Crippen molar-refractivity contribution in [1.29, 1.82) is 0 Å². The second-order valence-corrected chi connectivity index (χ2v) is 3.48. The topological polar surface area (TPSA) is 44.8 Å². The quantitative estimate of drug-likeness (QED) is 0.382. The van der Waals surface area contributed by atoms with Crippen LogP contribution in [0.1, 0.15) is 10.4 Å². The fourth-order valence-corrected chi connectivity index (χ4v) is 1.24. The third kappa shape index (κ3) is 6.18. The molecule has 1 aromatic carbocycles. The first-order valence-electron chi connectivity index (χ1n) is 5.83. The molecule has 0 aromatic heterocycles. The normalized spacial score (nSPS) is 10.0. The molecule has 0 N–H and O–H groups in total. The Morgan fingerprint density at radius 1 is 1.06 bits per heavy atom. The van der Waals surface area contributed by atoms with Gasteiger partial charge in [-0.05, 0) is 12.1 Å². The van der Waals surface area contributed by atoms with Crippen molar-refractivity contribution in [3.63, 3.8) is 0 Å². The average Bonchev–Trinajstić information content (AvgIpc) is 2.42. The van der Waals surface area contributed by atoms with E-state index in [9.17, 15) is 4.79 Å². The second-order valence-electron chi connectivity index (χ2n) is 3.48. The van der Waals surface area contributed by atoms with Crippen LogP contribution in [0.5, 0.6) is 0 Å². The van der Waals surface area contributed by atoms with Crippen LogP contribution in [0, 0.1) is 0 Å². The third-order valence-electron chi connectivity index (χ3n) is 2.08. The summed E-state index contributed by atoms with van der Waals surface area (Å²) in [6.07, 6.45) is 1.68. The molecule has 0 fully saturated rings. The smallest absolute Gasteiger partial charge is 0.338 e. The summed E-state index contributed by atoms with van der Waals surface area (Å²) in [6, 6.07) is 8.87. The minimum atomic E-state index is -0.331. The van der Waals surface area contributed by atoms with E-state index in [0.29, 0.717) is 32.0 Å². The van der Waals surface area contributed by atoms with Gasteiger partial charge in [0, 0.05) is 0 Å². The summed E-state index contributed by atoms with van der Waals surface area (Å²) in [5, 5.41) is 0. The van der Waals surface area contributed by atoms with Gasteiger partial charge >= 0.3 is 5.97 Å². The highest BCUT2D eigenvalue weighted by Gasteiger charge is 2.04. The Labute approximate surface area is 107 Å². The maximum absolute atomic E-state index is 11.5. The Morgan fingerprint density at radius 3 is 2.44 bits per heavy atom. The maximum Gasteiger partial charge on any atom is 0.338 e. The molecule has 4 nitrogen and oxygen atoms in total. The van der Waals surface area contributed by atoms with Crippen molar-refractivity contribution >= 4 is 5.97 Å². The molecule has 4 heteroatoms. The number of rotatable bonds is 9. The second kappa shape index (κ2) is 9.39. The van der Waals surface area contributed by atoms with E-state index >= 15 is 0 Å².